The van der Waals surface area contributed by atoms with Crippen LogP contribution in [0.2, 0.25) is 0 Å². The highest BCUT2D eigenvalue weighted by molar-refractivity contribution is 14.2. The fourth-order valence-corrected chi connectivity index (χ4v) is 3.90. The molecule has 0 aliphatic carbocycles. The zero-order valence-corrected chi connectivity index (χ0v) is 16.1. The number of halogens is 1. The predicted molar refractivity (Wildman–Crippen MR) is 90.9 cm³/mol. The number of ether oxygens (including phenoxy) is 4. The minimum atomic E-state index is -1.08. The topological polar surface area (TPSA) is 137 Å². The molecule has 12 heteroatoms. The zero-order valence-electron chi connectivity index (χ0n) is 13.1. The van der Waals surface area contributed by atoms with Crippen LogP contribution in [0.4, 0.5) is 0 Å². The minimum Gasteiger partial charge on any atom is -0.463 e. The van der Waals surface area contributed by atoms with Crippen molar-refractivity contribution < 1.29 is 33.3 Å². The normalized spacial score (nSPS) is 29.1. The summed E-state index contributed by atoms with van der Waals surface area (Å²) in [5.41, 5.74) is 8.09. The van der Waals surface area contributed by atoms with Gasteiger partial charge in [-0.05, 0) is 26.7 Å². The van der Waals surface area contributed by atoms with Crippen LogP contribution >= 0.6 is 30.1 Å². The smallest absolute Gasteiger partial charge is 0.303 e. The molecule has 0 aromatic carbocycles. The molecule has 10 nitrogen and oxygen atoms in total. The maximum absolute atomic E-state index is 11.4. The summed E-state index contributed by atoms with van der Waals surface area (Å²) in [4.78, 5) is 36.6. The molecule has 24 heavy (non-hydrogen) atoms. The maximum atomic E-state index is 11.4. The summed E-state index contributed by atoms with van der Waals surface area (Å²) in [6, 6.07) is -0.918. The second kappa shape index (κ2) is 9.91. The lowest BCUT2D eigenvalue weighted by molar-refractivity contribution is -0.208. The highest BCUT2D eigenvalue weighted by Crippen LogP contribution is 2.36. The molecule has 0 bridgehead atoms. The van der Waals surface area contributed by atoms with E-state index in [4.69, 9.17) is 24.5 Å². The molecule has 0 spiro atoms. The van der Waals surface area contributed by atoms with E-state index in [2.05, 4.69) is 10.0 Å². The Bertz CT molecular complexity index is 543. The number of carbonyl (C=O) groups excluding carboxylic acids is 3. The first kappa shape index (κ1) is 20.8. The summed E-state index contributed by atoms with van der Waals surface area (Å²) in [6.45, 7) is 3.37. The first-order chi connectivity index (χ1) is 11.3. The Labute approximate surface area is 154 Å². The lowest BCUT2D eigenvalue weighted by Gasteiger charge is -2.42. The van der Waals surface area contributed by atoms with Crippen LogP contribution in [-0.2, 0) is 33.3 Å². The van der Waals surface area contributed by atoms with Crippen LogP contribution in [0.25, 0.3) is 10.4 Å². The predicted octanol–water partition coefficient (Wildman–Crippen LogP) is 1.90. The molecule has 1 saturated heterocycles. The van der Waals surface area contributed by atoms with E-state index in [9.17, 15) is 14.4 Å². The summed E-state index contributed by atoms with van der Waals surface area (Å²) >= 11 is 1.94. The lowest BCUT2D eigenvalue weighted by Crippen LogP contribution is -2.59. The highest BCUT2D eigenvalue weighted by atomic mass is 127. The standard InChI is InChI=1S/C12H16IN3O7S/c1-5(17)20-4-8-10(21-6(2)18)11(22-7(3)19)9(15-16-14)12(23-8)24-13/h8-12H,4H2,1-3H3/t8?,9?,10-,11?,12+/m1/s1. The van der Waals surface area contributed by atoms with Gasteiger partial charge in [-0.2, -0.15) is 0 Å². The molecule has 0 N–H and O–H groups in total. The fraction of sp³-hybridized carbons (Fsp3) is 0.750. The van der Waals surface area contributed by atoms with Crippen LogP contribution in [0.1, 0.15) is 20.8 Å². The molecule has 5 atom stereocenters. The van der Waals surface area contributed by atoms with Gasteiger partial charge in [-0.3, -0.25) is 14.4 Å². The average molecular weight is 473 g/mol. The summed E-state index contributed by atoms with van der Waals surface area (Å²) < 4.78 is 21.1. The maximum Gasteiger partial charge on any atom is 0.303 e. The Hall–Kier alpha value is -1.24. The van der Waals surface area contributed by atoms with Gasteiger partial charge < -0.3 is 18.9 Å². The Balaban J connectivity index is 3.18. The first-order valence-corrected chi connectivity index (χ1v) is 10.2. The Kier molecular flexibility index (Phi) is 8.59. The largest absolute Gasteiger partial charge is 0.463 e. The van der Waals surface area contributed by atoms with Crippen LogP contribution in [0.3, 0.4) is 0 Å². The lowest BCUT2D eigenvalue weighted by atomic mass is 9.98. The summed E-state index contributed by atoms with van der Waals surface area (Å²) in [6.07, 6.45) is -3.02. The van der Waals surface area contributed by atoms with Crippen molar-refractivity contribution in [2.24, 2.45) is 5.11 Å². The van der Waals surface area contributed by atoms with Gasteiger partial charge in [0.2, 0.25) is 0 Å². The zero-order chi connectivity index (χ0) is 18.3. The molecule has 1 rings (SSSR count). The minimum absolute atomic E-state index is 0.207. The second-order valence-electron chi connectivity index (χ2n) is 4.78. The number of esters is 3. The molecule has 0 saturated carbocycles. The SMILES string of the molecule is CC(=O)OCC1O[C@@H](SI)C(N=[N+]=[N-])C(OC(C)=O)[C@@H]1OC(C)=O. The molecule has 1 aliphatic heterocycles. The Morgan fingerprint density at radius 3 is 2.21 bits per heavy atom. The summed E-state index contributed by atoms with van der Waals surface area (Å²) in [7, 11) is 1.19. The molecule has 0 radical (unpaired) electrons. The molecule has 134 valence electrons. The molecule has 1 heterocycles. The van der Waals surface area contributed by atoms with Crippen LogP contribution in [0.5, 0.6) is 0 Å². The first-order valence-electron chi connectivity index (χ1n) is 6.75. The van der Waals surface area contributed by atoms with E-state index in [0.717, 1.165) is 0 Å². The Morgan fingerprint density at radius 2 is 1.75 bits per heavy atom. The average Bonchev–Trinajstić information content (AvgIpc) is 2.48. The van der Waals surface area contributed by atoms with Crippen molar-refractivity contribution in [1.82, 2.24) is 0 Å². The molecule has 0 amide bonds. The third kappa shape index (κ3) is 6.00. The monoisotopic (exact) mass is 473 g/mol. The summed E-state index contributed by atoms with van der Waals surface area (Å²) in [5, 5.41) is 3.61. The third-order valence-corrected chi connectivity index (χ3v) is 5.01. The van der Waals surface area contributed by atoms with Crippen molar-refractivity contribution in [2.45, 2.75) is 50.6 Å². The second-order valence-corrected chi connectivity index (χ2v) is 6.95. The molecule has 1 aliphatic rings. The quantitative estimate of drug-likeness (QED) is 0.143. The molecular formula is C12H16IN3O7S. The highest BCUT2D eigenvalue weighted by Gasteiger charge is 2.50. The van der Waals surface area contributed by atoms with Crippen molar-refractivity contribution in [1.29, 1.82) is 0 Å². The molecule has 0 aromatic rings. The molecular weight excluding hydrogens is 457 g/mol. The Morgan fingerprint density at radius 1 is 1.17 bits per heavy atom. The number of carbonyl (C=O) groups is 3. The number of rotatable bonds is 6. The van der Waals surface area contributed by atoms with Crippen LogP contribution < -0.4 is 0 Å². The number of azide groups is 1. The molecule has 1 fully saturated rings. The van der Waals surface area contributed by atoms with Gasteiger partial charge in [0.15, 0.2) is 12.2 Å². The van der Waals surface area contributed by atoms with E-state index >= 15 is 0 Å². The van der Waals surface area contributed by atoms with Gasteiger partial charge in [0.1, 0.15) is 24.2 Å². The van der Waals surface area contributed by atoms with Gasteiger partial charge in [-0.15, -0.1) is 0 Å². The van der Waals surface area contributed by atoms with E-state index in [0.29, 0.717) is 0 Å². The van der Waals surface area contributed by atoms with Gasteiger partial charge in [0, 0.05) is 25.7 Å². The van der Waals surface area contributed by atoms with Crippen LogP contribution in [0, 0.1) is 0 Å². The van der Waals surface area contributed by atoms with E-state index in [1.165, 1.54) is 29.7 Å². The number of hydrogen-bond acceptors (Lipinski definition) is 9. The number of hydrogen-bond donors (Lipinski definition) is 0. The third-order valence-electron chi connectivity index (χ3n) is 2.94. The van der Waals surface area contributed by atoms with Crippen molar-refractivity contribution in [2.75, 3.05) is 6.61 Å². The van der Waals surface area contributed by atoms with Gasteiger partial charge in [0.25, 0.3) is 0 Å². The van der Waals surface area contributed by atoms with E-state index in [-0.39, 0.29) is 6.61 Å². The van der Waals surface area contributed by atoms with E-state index < -0.39 is 47.7 Å². The van der Waals surface area contributed by atoms with E-state index in [1.54, 1.807) is 0 Å². The van der Waals surface area contributed by atoms with Gasteiger partial charge in [-0.25, -0.2) is 0 Å². The van der Waals surface area contributed by atoms with Gasteiger partial charge >= 0.3 is 17.9 Å². The number of nitrogens with zero attached hydrogens (tertiary/aromatic N) is 3. The van der Waals surface area contributed by atoms with Crippen molar-refractivity contribution >= 4 is 48.0 Å². The fourth-order valence-electron chi connectivity index (χ4n) is 2.14. The van der Waals surface area contributed by atoms with E-state index in [1.807, 2.05) is 21.2 Å². The molecule has 3 unspecified atom stereocenters. The van der Waals surface area contributed by atoms with Crippen molar-refractivity contribution in [3.05, 3.63) is 10.4 Å². The van der Waals surface area contributed by atoms with Crippen LogP contribution in [0.15, 0.2) is 5.11 Å². The van der Waals surface area contributed by atoms with Crippen molar-refractivity contribution in [3.8, 4) is 0 Å². The van der Waals surface area contributed by atoms with Crippen LogP contribution in [-0.4, -0.2) is 54.3 Å². The molecule has 0 aromatic heterocycles. The summed E-state index contributed by atoms with van der Waals surface area (Å²) in [5.74, 6) is -1.82. The van der Waals surface area contributed by atoms with Crippen molar-refractivity contribution in [3.63, 3.8) is 0 Å². The van der Waals surface area contributed by atoms with Gasteiger partial charge in [0.05, 0.1) is 0 Å². The van der Waals surface area contributed by atoms with Gasteiger partial charge in [-0.1, -0.05) is 14.0 Å².